The van der Waals surface area contributed by atoms with Gasteiger partial charge in [0.2, 0.25) is 11.8 Å². The summed E-state index contributed by atoms with van der Waals surface area (Å²) in [5.41, 5.74) is 4.37. The summed E-state index contributed by atoms with van der Waals surface area (Å²) >= 11 is 0. The molecule has 3 aromatic heterocycles. The number of nitrogens with zero attached hydrogens (tertiary/aromatic N) is 4. The second kappa shape index (κ2) is 7.19. The van der Waals surface area contributed by atoms with Gasteiger partial charge >= 0.3 is 0 Å². The van der Waals surface area contributed by atoms with E-state index in [1.54, 1.807) is 11.1 Å². The van der Waals surface area contributed by atoms with Crippen LogP contribution in [0.25, 0.3) is 22.3 Å². The zero-order valence-corrected chi connectivity index (χ0v) is 15.2. The molecule has 4 rings (SSSR count). The van der Waals surface area contributed by atoms with Crippen molar-refractivity contribution in [2.75, 3.05) is 13.1 Å². The minimum Gasteiger partial charge on any atom is -0.473 e. The summed E-state index contributed by atoms with van der Waals surface area (Å²) in [5.74, 6) is 0.468. The quantitative estimate of drug-likeness (QED) is 0.721. The number of aromatic nitrogens is 4. The summed E-state index contributed by atoms with van der Waals surface area (Å²) in [6, 6.07) is 3.99. The lowest BCUT2D eigenvalue weighted by Gasteiger charge is -2.31. The van der Waals surface area contributed by atoms with Crippen LogP contribution in [0, 0.1) is 6.92 Å². The number of amides is 1. The first-order valence-corrected chi connectivity index (χ1v) is 8.99. The Bertz CT molecular complexity index is 972. The minimum absolute atomic E-state index is 0.0223. The number of hydrogen-bond acceptors (Lipinski definition) is 5. The Balaban J connectivity index is 1.52. The molecule has 0 bridgehead atoms. The predicted octanol–water partition coefficient (Wildman–Crippen LogP) is 2.88. The molecule has 0 atom stereocenters. The Labute approximate surface area is 157 Å². The van der Waals surface area contributed by atoms with Gasteiger partial charge in [0.25, 0.3) is 0 Å². The highest BCUT2D eigenvalue weighted by atomic mass is 16.5. The van der Waals surface area contributed by atoms with Gasteiger partial charge in [-0.25, -0.2) is 9.97 Å². The largest absolute Gasteiger partial charge is 0.473 e. The molecule has 0 aliphatic carbocycles. The van der Waals surface area contributed by atoms with Crippen molar-refractivity contribution in [2.24, 2.45) is 0 Å². The van der Waals surface area contributed by atoms with Gasteiger partial charge in [-0.05, 0) is 19.1 Å². The molecule has 1 amide bonds. The first-order chi connectivity index (χ1) is 13.1. The zero-order valence-electron chi connectivity index (χ0n) is 15.2. The third-order valence-corrected chi connectivity index (χ3v) is 4.80. The molecule has 1 aliphatic rings. The number of carbonyl (C=O) groups is 1. The average molecular weight is 363 g/mol. The number of ether oxygens (including phenoxy) is 1. The number of rotatable bonds is 4. The molecule has 7 nitrogen and oxygen atoms in total. The topological polar surface area (TPSA) is 84.0 Å². The van der Waals surface area contributed by atoms with Crippen LogP contribution in [0.2, 0.25) is 0 Å². The Hall–Kier alpha value is -3.22. The second-order valence-electron chi connectivity index (χ2n) is 6.64. The van der Waals surface area contributed by atoms with Gasteiger partial charge < -0.3 is 14.6 Å². The molecule has 0 spiro atoms. The number of piperidine rings is 1. The first-order valence-electron chi connectivity index (χ1n) is 8.99. The Morgan fingerprint density at radius 1 is 1.30 bits per heavy atom. The van der Waals surface area contributed by atoms with Crippen LogP contribution in [0.5, 0.6) is 5.88 Å². The van der Waals surface area contributed by atoms with E-state index in [0.29, 0.717) is 24.6 Å². The van der Waals surface area contributed by atoms with Gasteiger partial charge in [-0.1, -0.05) is 12.6 Å². The van der Waals surface area contributed by atoms with Crippen molar-refractivity contribution in [3.8, 4) is 17.0 Å². The second-order valence-corrected chi connectivity index (χ2v) is 6.64. The van der Waals surface area contributed by atoms with E-state index in [2.05, 4.69) is 26.5 Å². The fourth-order valence-electron chi connectivity index (χ4n) is 3.27. The number of pyridine rings is 1. The maximum atomic E-state index is 11.7. The fourth-order valence-corrected chi connectivity index (χ4v) is 3.27. The standard InChI is InChI=1S/C20H21N5O2/c1-3-18(26)25-8-6-15(7-9-25)27-17-12-23-20-19(24-17)16(11-22-20)14-5-4-13(2)21-10-14/h3-5,10-12,15H,1,6-9H2,2H3,(H,22,23). The van der Waals surface area contributed by atoms with Crippen molar-refractivity contribution < 1.29 is 9.53 Å². The Morgan fingerprint density at radius 2 is 2.11 bits per heavy atom. The van der Waals surface area contributed by atoms with Gasteiger partial charge in [0.05, 0.1) is 6.20 Å². The van der Waals surface area contributed by atoms with E-state index in [1.165, 1.54) is 6.08 Å². The molecule has 3 aromatic rings. The van der Waals surface area contributed by atoms with Crippen molar-refractivity contribution in [3.63, 3.8) is 0 Å². The lowest BCUT2D eigenvalue weighted by atomic mass is 10.1. The summed E-state index contributed by atoms with van der Waals surface area (Å²) in [7, 11) is 0. The zero-order chi connectivity index (χ0) is 18.8. The molecule has 1 fully saturated rings. The predicted molar refractivity (Wildman–Crippen MR) is 102 cm³/mol. The van der Waals surface area contributed by atoms with Crippen molar-refractivity contribution in [2.45, 2.75) is 25.9 Å². The Kier molecular flexibility index (Phi) is 4.58. The number of nitrogens with one attached hydrogen (secondary N) is 1. The van der Waals surface area contributed by atoms with Crippen molar-refractivity contribution in [1.82, 2.24) is 24.8 Å². The average Bonchev–Trinajstić information content (AvgIpc) is 3.12. The number of H-pyrrole nitrogens is 1. The number of carbonyl (C=O) groups excluding carboxylic acids is 1. The summed E-state index contributed by atoms with van der Waals surface area (Å²) in [4.78, 5) is 30.0. The van der Waals surface area contributed by atoms with Crippen LogP contribution >= 0.6 is 0 Å². The smallest absolute Gasteiger partial charge is 0.245 e. The van der Waals surface area contributed by atoms with E-state index in [9.17, 15) is 4.79 Å². The number of likely N-dealkylation sites (tertiary alicyclic amines) is 1. The first kappa shape index (κ1) is 17.2. The van der Waals surface area contributed by atoms with Crippen LogP contribution in [0.1, 0.15) is 18.5 Å². The number of aryl methyl sites for hydroxylation is 1. The molecule has 0 saturated carbocycles. The molecule has 138 valence electrons. The maximum absolute atomic E-state index is 11.7. The molecule has 0 unspecified atom stereocenters. The van der Waals surface area contributed by atoms with Crippen LogP contribution in [-0.2, 0) is 4.79 Å². The van der Waals surface area contributed by atoms with Gasteiger partial charge in [-0.15, -0.1) is 0 Å². The summed E-state index contributed by atoms with van der Waals surface area (Å²) in [6.45, 7) is 6.82. The van der Waals surface area contributed by atoms with Gasteiger partial charge in [0.1, 0.15) is 11.6 Å². The molecule has 7 heteroatoms. The number of aromatic amines is 1. The molecule has 0 aromatic carbocycles. The van der Waals surface area contributed by atoms with Crippen molar-refractivity contribution in [3.05, 3.63) is 49.1 Å². The summed E-state index contributed by atoms with van der Waals surface area (Å²) in [5, 5.41) is 0. The van der Waals surface area contributed by atoms with Gasteiger partial charge in [-0.2, -0.15) is 0 Å². The van der Waals surface area contributed by atoms with Crippen LogP contribution in [0.15, 0.2) is 43.4 Å². The van der Waals surface area contributed by atoms with E-state index in [0.717, 1.165) is 35.2 Å². The molecule has 27 heavy (non-hydrogen) atoms. The molecule has 1 N–H and O–H groups in total. The fraction of sp³-hybridized carbons (Fsp3) is 0.300. The normalized spacial score (nSPS) is 15.1. The van der Waals surface area contributed by atoms with E-state index in [1.807, 2.05) is 31.5 Å². The summed E-state index contributed by atoms with van der Waals surface area (Å²) in [6.07, 6.45) is 8.27. The highest BCUT2D eigenvalue weighted by molar-refractivity contribution is 5.90. The third-order valence-electron chi connectivity index (χ3n) is 4.80. The van der Waals surface area contributed by atoms with Gasteiger partial charge in [0.15, 0.2) is 5.65 Å². The van der Waals surface area contributed by atoms with Crippen molar-refractivity contribution in [1.29, 1.82) is 0 Å². The van der Waals surface area contributed by atoms with E-state index in [4.69, 9.17) is 4.74 Å². The molecule has 1 saturated heterocycles. The monoisotopic (exact) mass is 363 g/mol. The van der Waals surface area contributed by atoms with Crippen LogP contribution in [-0.4, -0.2) is 49.9 Å². The van der Waals surface area contributed by atoms with E-state index >= 15 is 0 Å². The van der Waals surface area contributed by atoms with Crippen LogP contribution in [0.3, 0.4) is 0 Å². The van der Waals surface area contributed by atoms with Crippen LogP contribution < -0.4 is 4.74 Å². The highest BCUT2D eigenvalue weighted by Gasteiger charge is 2.23. The van der Waals surface area contributed by atoms with Crippen molar-refractivity contribution >= 4 is 17.1 Å². The van der Waals surface area contributed by atoms with Crippen LogP contribution in [0.4, 0.5) is 0 Å². The highest BCUT2D eigenvalue weighted by Crippen LogP contribution is 2.28. The van der Waals surface area contributed by atoms with E-state index in [-0.39, 0.29) is 12.0 Å². The molecular formula is C20H21N5O2. The van der Waals surface area contributed by atoms with Gasteiger partial charge in [0, 0.05) is 55.1 Å². The molecular weight excluding hydrogens is 342 g/mol. The third kappa shape index (κ3) is 3.53. The Morgan fingerprint density at radius 3 is 2.81 bits per heavy atom. The molecule has 0 radical (unpaired) electrons. The number of fused-ring (bicyclic) bond motifs is 1. The van der Waals surface area contributed by atoms with Gasteiger partial charge in [-0.3, -0.25) is 9.78 Å². The lowest BCUT2D eigenvalue weighted by Crippen LogP contribution is -2.41. The van der Waals surface area contributed by atoms with E-state index < -0.39 is 0 Å². The molecule has 4 heterocycles. The SMILES string of the molecule is C=CC(=O)N1CCC(Oc2cnc3[nH]cc(-c4ccc(C)nc4)c3n2)CC1. The summed E-state index contributed by atoms with van der Waals surface area (Å²) < 4.78 is 6.04. The maximum Gasteiger partial charge on any atom is 0.245 e. The minimum atomic E-state index is -0.0293. The number of hydrogen-bond donors (Lipinski definition) is 1. The lowest BCUT2D eigenvalue weighted by molar-refractivity contribution is -0.127. The molecule has 1 aliphatic heterocycles.